The predicted octanol–water partition coefficient (Wildman–Crippen LogP) is 3.31. The van der Waals surface area contributed by atoms with Crippen molar-refractivity contribution in [1.29, 1.82) is 0 Å². The Hall–Kier alpha value is -0.340. The fraction of sp³-hybridized carbons (Fsp3) is 0.538. The monoisotopic (exact) mass is 265 g/mol. The van der Waals surface area contributed by atoms with Crippen LogP contribution in [0.15, 0.2) is 28.7 Å². The first kappa shape index (κ1) is 9.86. The number of nitrogens with one attached hydrogen (secondary N) is 1. The first-order valence-electron chi connectivity index (χ1n) is 5.76. The summed E-state index contributed by atoms with van der Waals surface area (Å²) in [5, 5.41) is 3.45. The lowest BCUT2D eigenvalue weighted by atomic mass is 9.90. The van der Waals surface area contributed by atoms with Gasteiger partial charge in [-0.3, -0.25) is 0 Å². The topological polar surface area (TPSA) is 12.0 Å². The van der Waals surface area contributed by atoms with E-state index in [9.17, 15) is 0 Å². The van der Waals surface area contributed by atoms with Crippen LogP contribution in [0, 0.1) is 5.41 Å². The second-order valence-corrected chi connectivity index (χ2v) is 5.84. The van der Waals surface area contributed by atoms with Gasteiger partial charge in [0.25, 0.3) is 0 Å². The average molecular weight is 266 g/mol. The Morgan fingerprint density at radius 3 is 2.47 bits per heavy atom. The molecule has 15 heavy (non-hydrogen) atoms. The third-order valence-corrected chi connectivity index (χ3v) is 4.59. The zero-order chi connectivity index (χ0) is 10.3. The van der Waals surface area contributed by atoms with Gasteiger partial charge in [0.15, 0.2) is 0 Å². The zero-order valence-electron chi connectivity index (χ0n) is 8.80. The van der Waals surface area contributed by atoms with Gasteiger partial charge < -0.3 is 5.32 Å². The molecular formula is C13H16BrN. The van der Waals surface area contributed by atoms with Gasteiger partial charge in [0.1, 0.15) is 0 Å². The molecule has 2 aliphatic rings. The van der Waals surface area contributed by atoms with Crippen LogP contribution in [-0.4, -0.2) is 13.1 Å². The highest BCUT2D eigenvalue weighted by Gasteiger charge is 2.54. The molecular weight excluding hydrogens is 250 g/mol. The number of halogens is 1. The number of piperidine rings is 1. The highest BCUT2D eigenvalue weighted by molar-refractivity contribution is 9.10. The molecule has 1 saturated heterocycles. The molecule has 1 atom stereocenters. The van der Waals surface area contributed by atoms with Gasteiger partial charge in [-0.25, -0.2) is 0 Å². The molecule has 0 amide bonds. The van der Waals surface area contributed by atoms with E-state index >= 15 is 0 Å². The standard InChI is InChI=1S/C13H16BrN/c14-11-3-1-10(2-4-11)12-9-13(12)5-7-15-8-6-13/h1-4,12,15H,5-9H2/t12-/m1/s1. The van der Waals surface area contributed by atoms with E-state index in [-0.39, 0.29) is 0 Å². The van der Waals surface area contributed by atoms with Crippen LogP contribution in [0.2, 0.25) is 0 Å². The highest BCUT2D eigenvalue weighted by Crippen LogP contribution is 2.64. The largest absolute Gasteiger partial charge is 0.317 e. The van der Waals surface area contributed by atoms with Gasteiger partial charge >= 0.3 is 0 Å². The van der Waals surface area contributed by atoms with Gasteiger partial charge in [0, 0.05) is 4.47 Å². The molecule has 1 aromatic rings. The Morgan fingerprint density at radius 2 is 1.80 bits per heavy atom. The van der Waals surface area contributed by atoms with Crippen LogP contribution in [0.3, 0.4) is 0 Å². The molecule has 1 heterocycles. The first-order valence-corrected chi connectivity index (χ1v) is 6.56. The molecule has 80 valence electrons. The van der Waals surface area contributed by atoms with Crippen LogP contribution in [0.25, 0.3) is 0 Å². The lowest BCUT2D eigenvalue weighted by Crippen LogP contribution is -2.29. The molecule has 2 fully saturated rings. The molecule has 1 spiro atoms. The Morgan fingerprint density at radius 1 is 1.13 bits per heavy atom. The first-order chi connectivity index (χ1) is 7.30. The summed E-state index contributed by atoms with van der Waals surface area (Å²) in [7, 11) is 0. The van der Waals surface area contributed by atoms with Crippen LogP contribution in [0.1, 0.15) is 30.7 Å². The number of rotatable bonds is 1. The van der Waals surface area contributed by atoms with Crippen molar-refractivity contribution in [3.63, 3.8) is 0 Å². The van der Waals surface area contributed by atoms with Crippen LogP contribution in [0.5, 0.6) is 0 Å². The Kier molecular flexibility index (Phi) is 2.37. The Labute approximate surface area is 99.4 Å². The summed E-state index contributed by atoms with van der Waals surface area (Å²) in [5.41, 5.74) is 2.21. The average Bonchev–Trinajstić information content (AvgIpc) is 2.94. The summed E-state index contributed by atoms with van der Waals surface area (Å²) in [6.07, 6.45) is 4.15. The molecule has 0 bridgehead atoms. The fourth-order valence-electron chi connectivity index (χ4n) is 2.99. The fourth-order valence-corrected chi connectivity index (χ4v) is 3.26. The van der Waals surface area contributed by atoms with Crippen molar-refractivity contribution in [2.45, 2.75) is 25.2 Å². The van der Waals surface area contributed by atoms with E-state index in [2.05, 4.69) is 45.5 Å². The number of hydrogen-bond acceptors (Lipinski definition) is 1. The molecule has 1 saturated carbocycles. The number of hydrogen-bond donors (Lipinski definition) is 1. The summed E-state index contributed by atoms with van der Waals surface area (Å²) in [4.78, 5) is 0. The summed E-state index contributed by atoms with van der Waals surface area (Å²) in [6, 6.07) is 8.90. The van der Waals surface area contributed by atoms with E-state index in [1.54, 1.807) is 5.56 Å². The van der Waals surface area contributed by atoms with Gasteiger partial charge in [-0.2, -0.15) is 0 Å². The zero-order valence-corrected chi connectivity index (χ0v) is 10.4. The van der Waals surface area contributed by atoms with E-state index in [1.807, 2.05) is 0 Å². The van der Waals surface area contributed by atoms with E-state index in [1.165, 1.54) is 36.8 Å². The maximum Gasteiger partial charge on any atom is 0.0175 e. The summed E-state index contributed by atoms with van der Waals surface area (Å²) in [5.74, 6) is 0.840. The molecule has 2 heteroatoms. The van der Waals surface area contributed by atoms with E-state index in [4.69, 9.17) is 0 Å². The lowest BCUT2D eigenvalue weighted by molar-refractivity contribution is 0.342. The molecule has 1 aliphatic carbocycles. The maximum absolute atomic E-state index is 3.49. The lowest BCUT2D eigenvalue weighted by Gasteiger charge is -2.23. The van der Waals surface area contributed by atoms with E-state index < -0.39 is 0 Å². The molecule has 0 radical (unpaired) electrons. The molecule has 0 unspecified atom stereocenters. The predicted molar refractivity (Wildman–Crippen MR) is 66.0 cm³/mol. The molecule has 3 rings (SSSR count). The third-order valence-electron chi connectivity index (χ3n) is 4.06. The van der Waals surface area contributed by atoms with Gasteiger partial charge in [-0.15, -0.1) is 0 Å². The smallest absolute Gasteiger partial charge is 0.0175 e. The quantitative estimate of drug-likeness (QED) is 0.822. The van der Waals surface area contributed by atoms with Crippen molar-refractivity contribution >= 4 is 15.9 Å². The maximum atomic E-state index is 3.49. The molecule has 1 aromatic carbocycles. The van der Waals surface area contributed by atoms with E-state index in [0.29, 0.717) is 5.41 Å². The van der Waals surface area contributed by atoms with Crippen molar-refractivity contribution in [2.75, 3.05) is 13.1 Å². The summed E-state index contributed by atoms with van der Waals surface area (Å²) >= 11 is 3.49. The third kappa shape index (κ3) is 1.74. The second-order valence-electron chi connectivity index (χ2n) is 4.92. The molecule has 0 aromatic heterocycles. The highest BCUT2D eigenvalue weighted by atomic mass is 79.9. The van der Waals surface area contributed by atoms with Crippen LogP contribution in [-0.2, 0) is 0 Å². The minimum Gasteiger partial charge on any atom is -0.317 e. The van der Waals surface area contributed by atoms with Crippen LogP contribution in [0.4, 0.5) is 0 Å². The van der Waals surface area contributed by atoms with Gasteiger partial charge in [-0.05, 0) is 61.4 Å². The molecule has 1 N–H and O–H groups in total. The van der Waals surface area contributed by atoms with Crippen molar-refractivity contribution < 1.29 is 0 Å². The van der Waals surface area contributed by atoms with Gasteiger partial charge in [0.05, 0.1) is 0 Å². The minimum absolute atomic E-state index is 0.666. The van der Waals surface area contributed by atoms with E-state index in [0.717, 1.165) is 5.92 Å². The van der Waals surface area contributed by atoms with Crippen molar-refractivity contribution in [3.05, 3.63) is 34.3 Å². The van der Waals surface area contributed by atoms with Gasteiger partial charge in [0.2, 0.25) is 0 Å². The SMILES string of the molecule is Brc1ccc([C@H]2CC23CCNCC3)cc1. The van der Waals surface area contributed by atoms with Crippen LogP contribution >= 0.6 is 15.9 Å². The molecule has 1 nitrogen and oxygen atoms in total. The summed E-state index contributed by atoms with van der Waals surface area (Å²) in [6.45, 7) is 2.43. The van der Waals surface area contributed by atoms with Gasteiger partial charge in [-0.1, -0.05) is 28.1 Å². The van der Waals surface area contributed by atoms with Crippen molar-refractivity contribution in [2.24, 2.45) is 5.41 Å². The Bertz CT molecular complexity index is 351. The minimum atomic E-state index is 0.666. The van der Waals surface area contributed by atoms with Crippen LogP contribution < -0.4 is 5.32 Å². The molecule has 1 aliphatic heterocycles. The number of benzene rings is 1. The summed E-state index contributed by atoms with van der Waals surface area (Å²) < 4.78 is 1.19. The van der Waals surface area contributed by atoms with Crippen molar-refractivity contribution in [1.82, 2.24) is 5.32 Å². The normalized spacial score (nSPS) is 27.9. The Balaban J connectivity index is 1.77. The van der Waals surface area contributed by atoms with Crippen molar-refractivity contribution in [3.8, 4) is 0 Å². The second kappa shape index (κ2) is 3.60.